The number of fused-ring (bicyclic) bond motifs is 1. The Kier molecular flexibility index (Phi) is 4.69. The lowest BCUT2D eigenvalue weighted by Gasteiger charge is -2.19. The number of rotatable bonds is 5. The zero-order valence-electron chi connectivity index (χ0n) is 14.8. The van der Waals surface area contributed by atoms with Crippen LogP contribution in [0.15, 0.2) is 21.8 Å². The van der Waals surface area contributed by atoms with Crippen LogP contribution in [-0.2, 0) is 25.6 Å². The van der Waals surface area contributed by atoms with Gasteiger partial charge in [-0.1, -0.05) is 30.3 Å². The number of thioether (sulfide) groups is 1. The maximum absolute atomic E-state index is 5.27. The second-order valence-corrected chi connectivity index (χ2v) is 8.74. The fraction of sp³-hybridized carbons (Fsp3) is 0.500. The molecule has 7 heteroatoms. The molecule has 0 N–H and O–H groups in total. The van der Waals surface area contributed by atoms with Crippen molar-refractivity contribution in [2.45, 2.75) is 50.4 Å². The predicted molar refractivity (Wildman–Crippen MR) is 101 cm³/mol. The molecule has 4 rings (SSSR count). The molecule has 0 aliphatic heterocycles. The lowest BCUT2D eigenvalue weighted by atomic mass is 9.87. The van der Waals surface area contributed by atoms with Gasteiger partial charge in [-0.2, -0.15) is 0 Å². The summed E-state index contributed by atoms with van der Waals surface area (Å²) in [5, 5.41) is 13.6. The second-order valence-electron chi connectivity index (χ2n) is 6.66. The normalized spacial score (nSPS) is 17.0. The monoisotopic (exact) mass is 374 g/mol. The molecule has 0 saturated carbocycles. The molecule has 1 unspecified atom stereocenters. The molecule has 0 saturated heterocycles. The van der Waals surface area contributed by atoms with Crippen molar-refractivity contribution < 1.29 is 4.52 Å². The fourth-order valence-electron chi connectivity index (χ4n) is 3.33. The highest BCUT2D eigenvalue weighted by atomic mass is 32.2. The molecule has 3 heterocycles. The fourth-order valence-corrected chi connectivity index (χ4v) is 5.35. The lowest BCUT2D eigenvalue weighted by molar-refractivity contribution is 0.391. The van der Waals surface area contributed by atoms with E-state index >= 15 is 0 Å². The number of hydrogen-bond donors (Lipinski definition) is 0. The number of aromatic nitrogens is 4. The van der Waals surface area contributed by atoms with E-state index in [4.69, 9.17) is 4.52 Å². The standard InChI is InChI=1S/C18H22N4OS2/c1-4-12-5-6-15-13(8-12)9-16(25-15)17-19-20-18(22(17)3)24-10-14-7-11(2)21-23-14/h7,9,12H,4-6,8,10H2,1-3H3. The van der Waals surface area contributed by atoms with Crippen LogP contribution >= 0.6 is 23.1 Å². The quantitative estimate of drug-likeness (QED) is 0.609. The van der Waals surface area contributed by atoms with Gasteiger partial charge in [0.15, 0.2) is 11.0 Å². The van der Waals surface area contributed by atoms with E-state index in [1.165, 1.54) is 41.0 Å². The summed E-state index contributed by atoms with van der Waals surface area (Å²) in [5.41, 5.74) is 2.43. The van der Waals surface area contributed by atoms with Crippen molar-refractivity contribution in [3.8, 4) is 10.7 Å². The Hall–Kier alpha value is -1.60. The molecule has 132 valence electrons. The summed E-state index contributed by atoms with van der Waals surface area (Å²) in [7, 11) is 2.04. The van der Waals surface area contributed by atoms with Crippen LogP contribution in [0.3, 0.4) is 0 Å². The van der Waals surface area contributed by atoms with Crippen LogP contribution < -0.4 is 0 Å². The maximum atomic E-state index is 5.27. The Bertz CT molecular complexity index is 880. The van der Waals surface area contributed by atoms with Crippen molar-refractivity contribution in [1.82, 2.24) is 19.9 Å². The second kappa shape index (κ2) is 6.96. The molecule has 3 aromatic rings. The molecule has 1 aliphatic carbocycles. The number of thiophene rings is 1. The smallest absolute Gasteiger partial charge is 0.191 e. The summed E-state index contributed by atoms with van der Waals surface area (Å²) in [4.78, 5) is 2.77. The van der Waals surface area contributed by atoms with Crippen molar-refractivity contribution in [3.63, 3.8) is 0 Å². The number of aryl methyl sites for hydroxylation is 2. The van der Waals surface area contributed by atoms with E-state index < -0.39 is 0 Å². The predicted octanol–water partition coefficient (Wildman–Crippen LogP) is 4.65. The minimum atomic E-state index is 0.714. The first-order valence-electron chi connectivity index (χ1n) is 8.70. The van der Waals surface area contributed by atoms with E-state index in [9.17, 15) is 0 Å². The molecule has 1 aliphatic rings. The van der Waals surface area contributed by atoms with Crippen LogP contribution in [0, 0.1) is 12.8 Å². The van der Waals surface area contributed by atoms with E-state index in [0.29, 0.717) is 5.75 Å². The first-order chi connectivity index (χ1) is 12.1. The molecule has 0 amide bonds. The molecule has 1 atom stereocenters. The van der Waals surface area contributed by atoms with Gasteiger partial charge in [-0.3, -0.25) is 0 Å². The minimum Gasteiger partial charge on any atom is -0.360 e. The molecule has 0 fully saturated rings. The Morgan fingerprint density at radius 2 is 2.24 bits per heavy atom. The van der Waals surface area contributed by atoms with Crippen LogP contribution in [-0.4, -0.2) is 19.9 Å². The highest BCUT2D eigenvalue weighted by Gasteiger charge is 2.22. The molecular formula is C18H22N4OS2. The van der Waals surface area contributed by atoms with Crippen molar-refractivity contribution in [3.05, 3.63) is 34.0 Å². The van der Waals surface area contributed by atoms with Gasteiger partial charge in [0.25, 0.3) is 0 Å². The van der Waals surface area contributed by atoms with Crippen molar-refractivity contribution in [2.75, 3.05) is 0 Å². The first kappa shape index (κ1) is 16.8. The van der Waals surface area contributed by atoms with Crippen LogP contribution in [0.4, 0.5) is 0 Å². The third kappa shape index (κ3) is 3.40. The minimum absolute atomic E-state index is 0.714. The van der Waals surface area contributed by atoms with Crippen LogP contribution in [0.5, 0.6) is 0 Å². The van der Waals surface area contributed by atoms with Gasteiger partial charge in [0, 0.05) is 18.0 Å². The summed E-state index contributed by atoms with van der Waals surface area (Å²) in [6.45, 7) is 4.23. The van der Waals surface area contributed by atoms with Gasteiger partial charge in [0.05, 0.1) is 16.3 Å². The van der Waals surface area contributed by atoms with Crippen LogP contribution in [0.25, 0.3) is 10.7 Å². The number of hydrogen-bond acceptors (Lipinski definition) is 6. The van der Waals surface area contributed by atoms with Gasteiger partial charge in [0.2, 0.25) is 0 Å². The van der Waals surface area contributed by atoms with Gasteiger partial charge in [0.1, 0.15) is 5.76 Å². The van der Waals surface area contributed by atoms with Gasteiger partial charge in [-0.15, -0.1) is 21.5 Å². The Balaban J connectivity index is 1.52. The molecule has 0 radical (unpaired) electrons. The van der Waals surface area contributed by atoms with Gasteiger partial charge >= 0.3 is 0 Å². The van der Waals surface area contributed by atoms with E-state index in [-0.39, 0.29) is 0 Å². The van der Waals surface area contributed by atoms with E-state index in [1.54, 1.807) is 11.8 Å². The maximum Gasteiger partial charge on any atom is 0.191 e. The SMILES string of the molecule is CCC1CCc2sc(-c3nnc(SCc4cc(C)no4)n3C)cc2C1. The van der Waals surface area contributed by atoms with Crippen LogP contribution in [0.2, 0.25) is 0 Å². The van der Waals surface area contributed by atoms with Gasteiger partial charge in [-0.25, -0.2) is 0 Å². The summed E-state index contributed by atoms with van der Waals surface area (Å²) >= 11 is 3.51. The van der Waals surface area contributed by atoms with Crippen molar-refractivity contribution >= 4 is 23.1 Å². The first-order valence-corrected chi connectivity index (χ1v) is 10.5. The molecule has 0 spiro atoms. The van der Waals surface area contributed by atoms with Crippen LogP contribution in [0.1, 0.15) is 41.7 Å². The Labute approximate surface area is 155 Å². The lowest BCUT2D eigenvalue weighted by Crippen LogP contribution is -2.10. The highest BCUT2D eigenvalue weighted by Crippen LogP contribution is 2.38. The van der Waals surface area contributed by atoms with Crippen molar-refractivity contribution in [2.24, 2.45) is 13.0 Å². The molecule has 3 aromatic heterocycles. The highest BCUT2D eigenvalue weighted by molar-refractivity contribution is 7.98. The molecule has 0 bridgehead atoms. The molecule has 0 aromatic carbocycles. The molecule has 25 heavy (non-hydrogen) atoms. The zero-order chi connectivity index (χ0) is 17.4. The third-order valence-electron chi connectivity index (χ3n) is 4.84. The number of nitrogens with zero attached hydrogens (tertiary/aromatic N) is 4. The van der Waals surface area contributed by atoms with E-state index in [1.807, 2.05) is 31.4 Å². The molecule has 5 nitrogen and oxygen atoms in total. The third-order valence-corrected chi connectivity index (χ3v) is 7.11. The zero-order valence-corrected chi connectivity index (χ0v) is 16.4. The van der Waals surface area contributed by atoms with Gasteiger partial charge in [-0.05, 0) is 43.7 Å². The average Bonchev–Trinajstić information content (AvgIpc) is 3.30. The Morgan fingerprint density at radius 3 is 3.00 bits per heavy atom. The summed E-state index contributed by atoms with van der Waals surface area (Å²) in [6, 6.07) is 4.29. The topological polar surface area (TPSA) is 56.7 Å². The molecular weight excluding hydrogens is 352 g/mol. The summed E-state index contributed by atoms with van der Waals surface area (Å²) < 4.78 is 7.35. The van der Waals surface area contributed by atoms with E-state index in [2.05, 4.69) is 32.9 Å². The Morgan fingerprint density at radius 1 is 1.36 bits per heavy atom. The van der Waals surface area contributed by atoms with Gasteiger partial charge < -0.3 is 9.09 Å². The van der Waals surface area contributed by atoms with E-state index in [0.717, 1.165) is 28.4 Å². The largest absolute Gasteiger partial charge is 0.360 e. The summed E-state index contributed by atoms with van der Waals surface area (Å²) in [5.74, 6) is 3.38. The van der Waals surface area contributed by atoms with Crippen molar-refractivity contribution in [1.29, 1.82) is 0 Å². The average molecular weight is 375 g/mol. The summed E-state index contributed by atoms with van der Waals surface area (Å²) in [6.07, 6.45) is 5.02.